The lowest BCUT2D eigenvalue weighted by molar-refractivity contribution is 0.0899. The van der Waals surface area contributed by atoms with Crippen LogP contribution in [0.4, 0.5) is 0 Å². The third-order valence-corrected chi connectivity index (χ3v) is 4.41. The van der Waals surface area contributed by atoms with E-state index in [9.17, 15) is 9.90 Å². The largest absolute Gasteiger partial charge is 0.496 e. The van der Waals surface area contributed by atoms with Gasteiger partial charge in [0.05, 0.1) is 24.1 Å². The number of para-hydroxylation sites is 1. The molecule has 2 heterocycles. The van der Waals surface area contributed by atoms with Crippen molar-refractivity contribution in [3.05, 3.63) is 65.2 Å². The lowest BCUT2D eigenvalue weighted by Gasteiger charge is -2.11. The highest BCUT2D eigenvalue weighted by Gasteiger charge is 2.17. The Kier molecular flexibility index (Phi) is 4.98. The fourth-order valence-corrected chi connectivity index (χ4v) is 2.99. The second kappa shape index (κ2) is 7.33. The number of furan rings is 1. The predicted octanol–water partition coefficient (Wildman–Crippen LogP) is 3.48. The van der Waals surface area contributed by atoms with Crippen molar-refractivity contribution in [3.63, 3.8) is 0 Å². The smallest absolute Gasteiger partial charge is 0.255 e. The summed E-state index contributed by atoms with van der Waals surface area (Å²) in [5, 5.41) is 14.9. The van der Waals surface area contributed by atoms with Crippen molar-refractivity contribution in [1.82, 2.24) is 5.32 Å². The summed E-state index contributed by atoms with van der Waals surface area (Å²) in [6.07, 6.45) is -0.919. The number of hydrogen-bond donors (Lipinski definition) is 2. The zero-order valence-electron chi connectivity index (χ0n) is 13.1. The minimum absolute atomic E-state index is 0.0499. The molecule has 0 aliphatic carbocycles. The Morgan fingerprint density at radius 3 is 2.83 bits per heavy atom. The number of carbonyl (C=O) groups excluding carboxylic acids is 1. The summed E-state index contributed by atoms with van der Waals surface area (Å²) in [6, 6.07) is 14.3. The summed E-state index contributed by atoms with van der Waals surface area (Å²) in [6.45, 7) is 0.0499. The molecule has 1 unspecified atom stereocenters. The van der Waals surface area contributed by atoms with Gasteiger partial charge in [0.2, 0.25) is 0 Å². The maximum atomic E-state index is 12.2. The molecule has 0 aliphatic rings. The standard InChI is InChI=1S/C18H17NO4S/c1-22-14-6-3-2-5-12(14)18(21)19-11-13(20)15-8-9-16(23-15)17-7-4-10-24-17/h2-10,13,20H,11H2,1H3,(H,19,21). The number of aliphatic hydroxyl groups is 1. The average molecular weight is 343 g/mol. The molecule has 0 saturated heterocycles. The maximum absolute atomic E-state index is 12.2. The molecule has 0 saturated carbocycles. The van der Waals surface area contributed by atoms with Gasteiger partial charge in [-0.25, -0.2) is 0 Å². The van der Waals surface area contributed by atoms with Crippen molar-refractivity contribution < 1.29 is 19.1 Å². The van der Waals surface area contributed by atoms with Gasteiger partial charge in [-0.1, -0.05) is 18.2 Å². The van der Waals surface area contributed by atoms with E-state index in [1.165, 1.54) is 7.11 Å². The summed E-state index contributed by atoms with van der Waals surface area (Å²) < 4.78 is 10.8. The molecule has 24 heavy (non-hydrogen) atoms. The van der Waals surface area contributed by atoms with Crippen LogP contribution in [-0.2, 0) is 0 Å². The number of amides is 1. The number of thiophene rings is 1. The summed E-state index contributed by atoms with van der Waals surface area (Å²) >= 11 is 1.56. The average Bonchev–Trinajstić information content (AvgIpc) is 3.30. The highest BCUT2D eigenvalue weighted by molar-refractivity contribution is 7.13. The number of nitrogens with one attached hydrogen (secondary N) is 1. The number of rotatable bonds is 6. The molecule has 2 aromatic heterocycles. The van der Waals surface area contributed by atoms with Crippen LogP contribution in [0.25, 0.3) is 10.6 Å². The van der Waals surface area contributed by atoms with Crippen LogP contribution in [0.1, 0.15) is 22.2 Å². The normalized spacial score (nSPS) is 11.9. The molecule has 1 amide bonds. The van der Waals surface area contributed by atoms with Crippen molar-refractivity contribution in [1.29, 1.82) is 0 Å². The summed E-state index contributed by atoms with van der Waals surface area (Å²) in [5.74, 6) is 1.30. The van der Waals surface area contributed by atoms with E-state index in [0.29, 0.717) is 22.8 Å². The van der Waals surface area contributed by atoms with Crippen molar-refractivity contribution in [3.8, 4) is 16.4 Å². The van der Waals surface area contributed by atoms with Gasteiger partial charge in [0.1, 0.15) is 23.4 Å². The number of hydrogen-bond acceptors (Lipinski definition) is 5. The number of methoxy groups -OCH3 is 1. The van der Waals surface area contributed by atoms with Crippen LogP contribution in [0.3, 0.4) is 0 Å². The number of aliphatic hydroxyl groups excluding tert-OH is 1. The Hall–Kier alpha value is -2.57. The van der Waals surface area contributed by atoms with Gasteiger partial charge in [0.25, 0.3) is 5.91 Å². The zero-order valence-corrected chi connectivity index (χ0v) is 13.9. The minimum Gasteiger partial charge on any atom is -0.496 e. The van der Waals surface area contributed by atoms with Gasteiger partial charge in [-0.05, 0) is 35.7 Å². The Balaban J connectivity index is 1.63. The number of carbonyl (C=O) groups is 1. The van der Waals surface area contributed by atoms with Crippen LogP contribution < -0.4 is 10.1 Å². The Morgan fingerprint density at radius 2 is 2.08 bits per heavy atom. The lowest BCUT2D eigenvalue weighted by atomic mass is 10.2. The molecule has 0 aliphatic heterocycles. The molecule has 1 aromatic carbocycles. The quantitative estimate of drug-likeness (QED) is 0.719. The van der Waals surface area contributed by atoms with E-state index >= 15 is 0 Å². The third kappa shape index (κ3) is 3.50. The van der Waals surface area contributed by atoms with Gasteiger partial charge in [-0.2, -0.15) is 0 Å². The summed E-state index contributed by atoms with van der Waals surface area (Å²) in [4.78, 5) is 13.2. The van der Waals surface area contributed by atoms with Gasteiger partial charge in [0, 0.05) is 0 Å². The molecule has 6 heteroatoms. The Labute approximate surface area is 143 Å². The SMILES string of the molecule is COc1ccccc1C(=O)NCC(O)c1ccc(-c2cccs2)o1. The van der Waals surface area contributed by atoms with Crippen LogP contribution in [-0.4, -0.2) is 24.7 Å². The molecule has 1 atom stereocenters. The van der Waals surface area contributed by atoms with Crippen molar-refractivity contribution in [2.24, 2.45) is 0 Å². The first-order chi connectivity index (χ1) is 11.7. The molecular formula is C18H17NO4S. The predicted molar refractivity (Wildman–Crippen MR) is 92.3 cm³/mol. The zero-order chi connectivity index (χ0) is 16.9. The number of benzene rings is 1. The molecule has 0 radical (unpaired) electrons. The fraction of sp³-hybridized carbons (Fsp3) is 0.167. The third-order valence-electron chi connectivity index (χ3n) is 3.53. The summed E-state index contributed by atoms with van der Waals surface area (Å²) in [5.41, 5.74) is 0.422. The van der Waals surface area contributed by atoms with Crippen LogP contribution in [0.15, 0.2) is 58.3 Å². The molecule has 0 bridgehead atoms. The first-order valence-electron chi connectivity index (χ1n) is 7.42. The van der Waals surface area contributed by atoms with Gasteiger partial charge in [0.15, 0.2) is 0 Å². The van der Waals surface area contributed by atoms with Crippen molar-refractivity contribution in [2.75, 3.05) is 13.7 Å². The second-order valence-electron chi connectivity index (χ2n) is 5.11. The van der Waals surface area contributed by atoms with Crippen LogP contribution in [0.2, 0.25) is 0 Å². The Morgan fingerprint density at radius 1 is 1.25 bits per heavy atom. The minimum atomic E-state index is -0.919. The van der Waals surface area contributed by atoms with E-state index in [-0.39, 0.29) is 12.5 Å². The lowest BCUT2D eigenvalue weighted by Crippen LogP contribution is -2.28. The molecule has 2 N–H and O–H groups in total. The van der Waals surface area contributed by atoms with Gasteiger partial charge >= 0.3 is 0 Å². The highest BCUT2D eigenvalue weighted by atomic mass is 32.1. The monoisotopic (exact) mass is 343 g/mol. The highest BCUT2D eigenvalue weighted by Crippen LogP contribution is 2.28. The van der Waals surface area contributed by atoms with Crippen LogP contribution in [0, 0.1) is 0 Å². The van der Waals surface area contributed by atoms with Crippen LogP contribution in [0.5, 0.6) is 5.75 Å². The molecule has 3 aromatic rings. The Bertz CT molecular complexity index is 810. The van der Waals surface area contributed by atoms with Gasteiger partial charge in [-0.15, -0.1) is 11.3 Å². The maximum Gasteiger partial charge on any atom is 0.255 e. The van der Waals surface area contributed by atoms with Crippen molar-refractivity contribution >= 4 is 17.2 Å². The molecular weight excluding hydrogens is 326 g/mol. The van der Waals surface area contributed by atoms with Crippen molar-refractivity contribution in [2.45, 2.75) is 6.10 Å². The van der Waals surface area contributed by atoms with Gasteiger partial charge < -0.3 is 19.6 Å². The first-order valence-corrected chi connectivity index (χ1v) is 8.30. The molecule has 3 rings (SSSR count). The molecule has 0 fully saturated rings. The van der Waals surface area contributed by atoms with E-state index in [4.69, 9.17) is 9.15 Å². The van der Waals surface area contributed by atoms with Crippen LogP contribution >= 0.6 is 11.3 Å². The van der Waals surface area contributed by atoms with E-state index < -0.39 is 6.10 Å². The molecule has 0 spiro atoms. The number of ether oxygens (including phenoxy) is 1. The van der Waals surface area contributed by atoms with E-state index in [0.717, 1.165) is 4.88 Å². The first kappa shape index (κ1) is 16.3. The van der Waals surface area contributed by atoms with E-state index in [1.54, 1.807) is 41.7 Å². The topological polar surface area (TPSA) is 71.7 Å². The van der Waals surface area contributed by atoms with E-state index in [2.05, 4.69) is 5.32 Å². The second-order valence-corrected chi connectivity index (χ2v) is 6.05. The molecule has 5 nitrogen and oxygen atoms in total. The van der Waals surface area contributed by atoms with Gasteiger partial charge in [-0.3, -0.25) is 4.79 Å². The molecule has 124 valence electrons. The summed E-state index contributed by atoms with van der Waals surface area (Å²) in [7, 11) is 1.51. The van der Waals surface area contributed by atoms with E-state index in [1.807, 2.05) is 23.6 Å². The fourth-order valence-electron chi connectivity index (χ4n) is 2.30.